The molecule has 2 N–H and O–H groups in total. The molecule has 3 nitrogen and oxygen atoms in total. The van der Waals surface area contributed by atoms with Crippen LogP contribution < -0.4 is 5.73 Å². The Morgan fingerprint density at radius 2 is 2.38 bits per heavy atom. The van der Waals surface area contributed by atoms with Gasteiger partial charge in [-0.3, -0.25) is 4.90 Å². The number of nitrogens with zero attached hydrogens (tertiary/aromatic N) is 1. The van der Waals surface area contributed by atoms with Crippen LogP contribution in [0.4, 0.5) is 0 Å². The van der Waals surface area contributed by atoms with Gasteiger partial charge in [-0.15, -0.1) is 0 Å². The van der Waals surface area contributed by atoms with Gasteiger partial charge in [-0.05, 0) is 31.1 Å². The molecule has 2 heterocycles. The van der Waals surface area contributed by atoms with Crippen LogP contribution in [0.5, 0.6) is 0 Å². The first-order chi connectivity index (χ1) is 7.73. The molecule has 0 saturated carbocycles. The number of nitrogens with two attached hydrogens (primary N) is 1. The fourth-order valence-electron chi connectivity index (χ4n) is 3.19. The molecule has 3 unspecified atom stereocenters. The number of thioether (sulfide) groups is 1. The van der Waals surface area contributed by atoms with Crippen molar-refractivity contribution in [3.63, 3.8) is 0 Å². The van der Waals surface area contributed by atoms with Crippen molar-refractivity contribution in [2.45, 2.75) is 30.6 Å². The Labute approximate surface area is 103 Å². The van der Waals surface area contributed by atoms with Gasteiger partial charge in [-0.25, -0.2) is 0 Å². The second kappa shape index (κ2) is 5.25. The summed E-state index contributed by atoms with van der Waals surface area (Å²) in [5.74, 6) is 1.98. The zero-order valence-corrected chi connectivity index (χ0v) is 11.3. The summed E-state index contributed by atoms with van der Waals surface area (Å²) in [5, 5.41) is 0.679. The van der Waals surface area contributed by atoms with Crippen LogP contribution in [0.1, 0.15) is 19.8 Å². The molecule has 94 valence electrons. The van der Waals surface area contributed by atoms with Crippen molar-refractivity contribution in [1.82, 2.24) is 4.90 Å². The smallest absolute Gasteiger partial charge is 0.0503 e. The number of hydrogen-bond acceptors (Lipinski definition) is 4. The Morgan fingerprint density at radius 1 is 1.56 bits per heavy atom. The van der Waals surface area contributed by atoms with Crippen molar-refractivity contribution < 1.29 is 4.74 Å². The summed E-state index contributed by atoms with van der Waals surface area (Å²) in [4.78, 5) is 2.64. The highest BCUT2D eigenvalue weighted by molar-refractivity contribution is 8.00. The highest BCUT2D eigenvalue weighted by Crippen LogP contribution is 2.41. The summed E-state index contributed by atoms with van der Waals surface area (Å²) < 4.78 is 5.27. The maximum absolute atomic E-state index is 6.07. The minimum Gasteiger partial charge on any atom is -0.384 e. The largest absolute Gasteiger partial charge is 0.384 e. The first-order valence-electron chi connectivity index (χ1n) is 6.28. The standard InChI is InChI=1S/C12H24N2OS/c1-10-12(9-13,4-6-16-10)14-5-3-11(7-14)8-15-2/h10-11H,3-9,13H2,1-2H3. The summed E-state index contributed by atoms with van der Waals surface area (Å²) in [5.41, 5.74) is 6.34. The third-order valence-corrected chi connectivity index (χ3v) is 5.71. The van der Waals surface area contributed by atoms with E-state index in [1.165, 1.54) is 31.7 Å². The van der Waals surface area contributed by atoms with Crippen LogP contribution in [-0.4, -0.2) is 54.8 Å². The van der Waals surface area contributed by atoms with E-state index in [4.69, 9.17) is 10.5 Å². The number of likely N-dealkylation sites (tertiary alicyclic amines) is 1. The maximum atomic E-state index is 6.07. The zero-order valence-electron chi connectivity index (χ0n) is 10.4. The highest BCUT2D eigenvalue weighted by Gasteiger charge is 2.46. The molecular weight excluding hydrogens is 220 g/mol. The highest BCUT2D eigenvalue weighted by atomic mass is 32.2. The molecule has 0 aromatic heterocycles. The van der Waals surface area contributed by atoms with Crippen molar-refractivity contribution in [2.24, 2.45) is 11.7 Å². The van der Waals surface area contributed by atoms with Gasteiger partial charge >= 0.3 is 0 Å². The Balaban J connectivity index is 2.01. The Morgan fingerprint density at radius 3 is 2.94 bits per heavy atom. The first-order valence-corrected chi connectivity index (χ1v) is 7.33. The molecule has 3 atom stereocenters. The molecule has 16 heavy (non-hydrogen) atoms. The van der Waals surface area contributed by atoms with Crippen molar-refractivity contribution in [3.8, 4) is 0 Å². The van der Waals surface area contributed by atoms with Gasteiger partial charge in [0.25, 0.3) is 0 Å². The predicted octanol–water partition coefficient (Wildman–Crippen LogP) is 1.18. The molecule has 2 saturated heterocycles. The molecular formula is C12H24N2OS. The van der Waals surface area contributed by atoms with Crippen molar-refractivity contribution >= 4 is 11.8 Å². The Bertz CT molecular complexity index is 239. The average Bonchev–Trinajstić information content (AvgIpc) is 2.86. The minimum absolute atomic E-state index is 0.271. The van der Waals surface area contributed by atoms with Crippen LogP contribution >= 0.6 is 11.8 Å². The van der Waals surface area contributed by atoms with Crippen LogP contribution in [-0.2, 0) is 4.74 Å². The lowest BCUT2D eigenvalue weighted by atomic mass is 9.91. The SMILES string of the molecule is COCC1CCN(C2(CN)CCSC2C)C1. The number of rotatable bonds is 4. The monoisotopic (exact) mass is 244 g/mol. The van der Waals surface area contributed by atoms with Gasteiger partial charge in [0.15, 0.2) is 0 Å². The van der Waals surface area contributed by atoms with Gasteiger partial charge in [0.05, 0.1) is 6.61 Å². The number of ether oxygens (including phenoxy) is 1. The average molecular weight is 244 g/mol. The van der Waals surface area contributed by atoms with Crippen molar-refractivity contribution in [1.29, 1.82) is 0 Å². The van der Waals surface area contributed by atoms with Crippen molar-refractivity contribution in [3.05, 3.63) is 0 Å². The molecule has 0 aliphatic carbocycles. The van der Waals surface area contributed by atoms with E-state index in [0.717, 1.165) is 13.2 Å². The van der Waals surface area contributed by atoms with Gasteiger partial charge < -0.3 is 10.5 Å². The summed E-state index contributed by atoms with van der Waals surface area (Å²) >= 11 is 2.08. The lowest BCUT2D eigenvalue weighted by Gasteiger charge is -2.41. The molecule has 2 rings (SSSR count). The second-order valence-corrected chi connectivity index (χ2v) is 6.58. The van der Waals surface area contributed by atoms with Gasteiger partial charge in [-0.1, -0.05) is 6.92 Å². The lowest BCUT2D eigenvalue weighted by Crippen LogP contribution is -2.56. The maximum Gasteiger partial charge on any atom is 0.0503 e. The van der Waals surface area contributed by atoms with E-state index in [1.54, 1.807) is 7.11 Å². The van der Waals surface area contributed by atoms with E-state index >= 15 is 0 Å². The van der Waals surface area contributed by atoms with E-state index in [9.17, 15) is 0 Å². The van der Waals surface area contributed by atoms with Gasteiger partial charge in [-0.2, -0.15) is 11.8 Å². The van der Waals surface area contributed by atoms with Crippen LogP contribution in [0, 0.1) is 5.92 Å². The molecule has 0 spiro atoms. The summed E-state index contributed by atoms with van der Waals surface area (Å²) in [6.07, 6.45) is 2.53. The molecule has 0 aromatic carbocycles. The van der Waals surface area contributed by atoms with Crippen molar-refractivity contribution in [2.75, 3.05) is 39.1 Å². The molecule has 2 aliphatic heterocycles. The summed E-state index contributed by atoms with van der Waals surface area (Å²) in [7, 11) is 1.80. The predicted molar refractivity (Wildman–Crippen MR) is 69.9 cm³/mol. The van der Waals surface area contributed by atoms with E-state index in [2.05, 4.69) is 23.6 Å². The van der Waals surface area contributed by atoms with E-state index in [1.807, 2.05) is 0 Å². The van der Waals surface area contributed by atoms with Gasteiger partial charge in [0, 0.05) is 31.0 Å². The first kappa shape index (κ1) is 12.7. The lowest BCUT2D eigenvalue weighted by molar-refractivity contribution is 0.106. The molecule has 4 heteroatoms. The molecule has 0 aromatic rings. The van der Waals surface area contributed by atoms with E-state index in [-0.39, 0.29) is 5.54 Å². The van der Waals surface area contributed by atoms with E-state index < -0.39 is 0 Å². The Kier molecular flexibility index (Phi) is 4.16. The third-order valence-electron chi connectivity index (χ3n) is 4.33. The van der Waals surface area contributed by atoms with Crippen LogP contribution in [0.2, 0.25) is 0 Å². The van der Waals surface area contributed by atoms with Gasteiger partial charge in [0.2, 0.25) is 0 Å². The number of methoxy groups -OCH3 is 1. The fraction of sp³-hybridized carbons (Fsp3) is 1.00. The zero-order chi connectivity index (χ0) is 11.6. The topological polar surface area (TPSA) is 38.5 Å². The molecule has 2 aliphatic rings. The second-order valence-electron chi connectivity index (χ2n) is 5.13. The van der Waals surface area contributed by atoms with Gasteiger partial charge in [0.1, 0.15) is 0 Å². The third kappa shape index (κ3) is 2.13. The minimum atomic E-state index is 0.271. The number of hydrogen-bond donors (Lipinski definition) is 1. The molecule has 0 radical (unpaired) electrons. The quantitative estimate of drug-likeness (QED) is 0.806. The molecule has 2 fully saturated rings. The molecule has 0 amide bonds. The van der Waals surface area contributed by atoms with Crippen LogP contribution in [0.15, 0.2) is 0 Å². The normalized spacial score (nSPS) is 40.7. The summed E-state index contributed by atoms with van der Waals surface area (Å²) in [6, 6.07) is 0. The summed E-state index contributed by atoms with van der Waals surface area (Å²) in [6.45, 7) is 6.43. The molecule has 0 bridgehead atoms. The van der Waals surface area contributed by atoms with E-state index in [0.29, 0.717) is 11.2 Å². The van der Waals surface area contributed by atoms with Crippen LogP contribution in [0.25, 0.3) is 0 Å². The Hall–Kier alpha value is 0.230. The fourth-order valence-corrected chi connectivity index (χ4v) is 4.69. The van der Waals surface area contributed by atoms with Crippen LogP contribution in [0.3, 0.4) is 0 Å².